The molecule has 0 aromatic carbocycles. The van der Waals surface area contributed by atoms with Crippen LogP contribution in [0.4, 0.5) is 0 Å². The molecule has 3 aliphatic rings. The van der Waals surface area contributed by atoms with Crippen molar-refractivity contribution in [3.05, 3.63) is 0 Å². The number of nitrogens with one attached hydrogen (secondary N) is 2. The first-order valence-electron chi connectivity index (χ1n) is 8.32. The zero-order chi connectivity index (χ0) is 14.1. The molecule has 2 N–H and O–H groups in total. The minimum absolute atomic E-state index is 0. The maximum Gasteiger partial charge on any atom is 0.191 e. The first kappa shape index (κ1) is 17.7. The van der Waals surface area contributed by atoms with E-state index in [0.29, 0.717) is 10.2 Å². The van der Waals surface area contributed by atoms with E-state index in [-0.39, 0.29) is 24.0 Å². The van der Waals surface area contributed by atoms with Crippen molar-refractivity contribution < 1.29 is 0 Å². The second-order valence-electron chi connectivity index (χ2n) is 7.09. The van der Waals surface area contributed by atoms with Crippen LogP contribution in [0.15, 0.2) is 4.99 Å². The number of guanidine groups is 1. The molecule has 0 amide bonds. The van der Waals surface area contributed by atoms with Crippen LogP contribution in [0.3, 0.4) is 0 Å². The van der Waals surface area contributed by atoms with E-state index in [1.807, 2.05) is 0 Å². The Balaban J connectivity index is 0.00000161. The van der Waals surface area contributed by atoms with Crippen molar-refractivity contribution in [2.75, 3.05) is 25.4 Å². The van der Waals surface area contributed by atoms with Crippen LogP contribution in [-0.2, 0) is 0 Å². The highest BCUT2D eigenvalue weighted by Crippen LogP contribution is 2.61. The van der Waals surface area contributed by atoms with Gasteiger partial charge < -0.3 is 10.6 Å². The monoisotopic (exact) mass is 423 g/mol. The Kier molecular flexibility index (Phi) is 6.14. The molecule has 0 spiro atoms. The van der Waals surface area contributed by atoms with E-state index in [1.165, 1.54) is 44.3 Å². The van der Waals surface area contributed by atoms with Crippen LogP contribution in [0.25, 0.3) is 0 Å². The van der Waals surface area contributed by atoms with Crippen LogP contribution in [-0.4, -0.2) is 36.1 Å². The molecular formula is C16H30IN3S. The van der Waals surface area contributed by atoms with Gasteiger partial charge in [0.1, 0.15) is 0 Å². The van der Waals surface area contributed by atoms with E-state index in [4.69, 9.17) is 4.99 Å². The van der Waals surface area contributed by atoms with Gasteiger partial charge in [-0.3, -0.25) is 4.99 Å². The molecule has 1 aliphatic heterocycles. The maximum atomic E-state index is 4.89. The van der Waals surface area contributed by atoms with Crippen LogP contribution in [0.2, 0.25) is 0 Å². The summed E-state index contributed by atoms with van der Waals surface area (Å²) in [5.41, 5.74) is 0.606. The van der Waals surface area contributed by atoms with Gasteiger partial charge in [-0.05, 0) is 69.5 Å². The average Bonchev–Trinajstić information content (AvgIpc) is 3.33. The third-order valence-corrected chi connectivity index (χ3v) is 6.70. The molecule has 0 radical (unpaired) electrons. The first-order valence-corrected chi connectivity index (χ1v) is 9.31. The molecule has 2 saturated carbocycles. The van der Waals surface area contributed by atoms with Crippen LogP contribution >= 0.6 is 35.7 Å². The molecular weight excluding hydrogens is 393 g/mol. The van der Waals surface area contributed by atoms with Crippen molar-refractivity contribution in [1.82, 2.24) is 10.6 Å². The number of hydrogen-bond donors (Lipinski definition) is 2. The molecule has 1 atom stereocenters. The van der Waals surface area contributed by atoms with Gasteiger partial charge in [0.25, 0.3) is 0 Å². The number of halogens is 1. The average molecular weight is 423 g/mol. The van der Waals surface area contributed by atoms with Gasteiger partial charge in [-0.25, -0.2) is 0 Å². The van der Waals surface area contributed by atoms with Gasteiger partial charge in [-0.1, -0.05) is 0 Å². The van der Waals surface area contributed by atoms with Gasteiger partial charge in [0, 0.05) is 24.4 Å². The SMILES string of the molecule is CCNC(=NCC1(C2CC2)CC1)NCC1(C)CCCS1.I. The van der Waals surface area contributed by atoms with Gasteiger partial charge >= 0.3 is 0 Å². The second kappa shape index (κ2) is 7.28. The van der Waals surface area contributed by atoms with E-state index in [0.717, 1.165) is 31.5 Å². The van der Waals surface area contributed by atoms with Crippen LogP contribution in [0.5, 0.6) is 0 Å². The fourth-order valence-electron chi connectivity index (χ4n) is 3.38. The Labute approximate surface area is 150 Å². The Hall–Kier alpha value is 0.350. The molecule has 3 rings (SSSR count). The van der Waals surface area contributed by atoms with Crippen LogP contribution in [0, 0.1) is 11.3 Å². The summed E-state index contributed by atoms with van der Waals surface area (Å²) in [6.07, 6.45) is 8.42. The molecule has 3 fully saturated rings. The molecule has 0 bridgehead atoms. The van der Waals surface area contributed by atoms with E-state index in [1.54, 1.807) is 0 Å². The van der Waals surface area contributed by atoms with Gasteiger partial charge in [-0.15, -0.1) is 24.0 Å². The maximum absolute atomic E-state index is 4.89. The lowest BCUT2D eigenvalue weighted by Gasteiger charge is -2.24. The van der Waals surface area contributed by atoms with E-state index >= 15 is 0 Å². The minimum Gasteiger partial charge on any atom is -0.357 e. The lowest BCUT2D eigenvalue weighted by Crippen LogP contribution is -2.44. The van der Waals surface area contributed by atoms with Crippen molar-refractivity contribution in [2.24, 2.45) is 16.3 Å². The third-order valence-electron chi connectivity index (χ3n) is 5.16. The highest BCUT2D eigenvalue weighted by atomic mass is 127. The topological polar surface area (TPSA) is 36.4 Å². The summed E-state index contributed by atoms with van der Waals surface area (Å²) in [5, 5.41) is 6.99. The highest BCUT2D eigenvalue weighted by Gasteiger charge is 2.53. The number of hydrogen-bond acceptors (Lipinski definition) is 2. The second-order valence-corrected chi connectivity index (χ2v) is 8.77. The lowest BCUT2D eigenvalue weighted by atomic mass is 10.0. The molecule has 2 aliphatic carbocycles. The van der Waals surface area contributed by atoms with Crippen molar-refractivity contribution in [2.45, 2.75) is 57.1 Å². The summed E-state index contributed by atoms with van der Waals surface area (Å²) in [6.45, 7) is 7.56. The zero-order valence-electron chi connectivity index (χ0n) is 13.4. The fraction of sp³-hybridized carbons (Fsp3) is 0.938. The molecule has 0 aromatic rings. The standard InChI is InChI=1S/C16H29N3S.HI/c1-3-17-14(18-11-15(2)7-4-10-20-15)19-12-16(8-9-16)13-5-6-13;/h13H,3-12H2,1-2H3,(H2,17,18,19);1H. The summed E-state index contributed by atoms with van der Waals surface area (Å²) in [7, 11) is 0. The van der Waals surface area contributed by atoms with E-state index in [2.05, 4.69) is 36.2 Å². The highest BCUT2D eigenvalue weighted by molar-refractivity contribution is 14.0. The van der Waals surface area contributed by atoms with Gasteiger partial charge in [0.15, 0.2) is 5.96 Å². The molecule has 21 heavy (non-hydrogen) atoms. The summed E-state index contributed by atoms with van der Waals surface area (Å²) < 4.78 is 0.407. The lowest BCUT2D eigenvalue weighted by molar-refractivity contribution is 0.452. The van der Waals surface area contributed by atoms with Gasteiger partial charge in [0.2, 0.25) is 0 Å². The summed E-state index contributed by atoms with van der Waals surface area (Å²) in [5.74, 6) is 3.35. The van der Waals surface area contributed by atoms with Crippen molar-refractivity contribution in [1.29, 1.82) is 0 Å². The van der Waals surface area contributed by atoms with Crippen LogP contribution < -0.4 is 10.6 Å². The normalized spacial score (nSPS) is 30.7. The number of rotatable bonds is 6. The third kappa shape index (κ3) is 4.66. The Morgan fingerprint density at radius 1 is 1.24 bits per heavy atom. The van der Waals surface area contributed by atoms with Crippen molar-refractivity contribution in [3.63, 3.8) is 0 Å². The van der Waals surface area contributed by atoms with Crippen molar-refractivity contribution in [3.8, 4) is 0 Å². The Bertz CT molecular complexity index is 372. The number of thioether (sulfide) groups is 1. The molecule has 122 valence electrons. The molecule has 1 unspecified atom stereocenters. The van der Waals surface area contributed by atoms with E-state index in [9.17, 15) is 0 Å². The molecule has 1 heterocycles. The van der Waals surface area contributed by atoms with Crippen molar-refractivity contribution >= 4 is 41.7 Å². The minimum atomic E-state index is 0. The largest absolute Gasteiger partial charge is 0.357 e. The molecule has 0 aromatic heterocycles. The smallest absolute Gasteiger partial charge is 0.191 e. The Morgan fingerprint density at radius 2 is 2.00 bits per heavy atom. The summed E-state index contributed by atoms with van der Waals surface area (Å²) >= 11 is 2.11. The zero-order valence-corrected chi connectivity index (χ0v) is 16.6. The molecule has 1 saturated heterocycles. The quantitative estimate of drug-likeness (QED) is 0.389. The predicted molar refractivity (Wildman–Crippen MR) is 104 cm³/mol. The number of aliphatic imine (C=N–C) groups is 1. The van der Waals surface area contributed by atoms with E-state index < -0.39 is 0 Å². The molecule has 5 heteroatoms. The summed E-state index contributed by atoms with van der Waals surface area (Å²) in [6, 6.07) is 0. The van der Waals surface area contributed by atoms with Gasteiger partial charge in [0.05, 0.1) is 0 Å². The van der Waals surface area contributed by atoms with Gasteiger partial charge in [-0.2, -0.15) is 11.8 Å². The number of nitrogens with zero attached hydrogens (tertiary/aromatic N) is 1. The first-order chi connectivity index (χ1) is 9.66. The summed E-state index contributed by atoms with van der Waals surface area (Å²) in [4.78, 5) is 4.89. The Morgan fingerprint density at radius 3 is 2.52 bits per heavy atom. The van der Waals surface area contributed by atoms with Crippen LogP contribution in [0.1, 0.15) is 52.4 Å². The fourth-order valence-corrected chi connectivity index (χ4v) is 4.62. The predicted octanol–water partition coefficient (Wildman–Crippen LogP) is 3.64. The molecule has 3 nitrogen and oxygen atoms in total.